The number of nitrogens with one attached hydrogen (secondary N) is 1. The van der Waals surface area contributed by atoms with Gasteiger partial charge in [-0.2, -0.15) is 8.78 Å². The van der Waals surface area contributed by atoms with Crippen molar-refractivity contribution in [3.05, 3.63) is 35.9 Å². The summed E-state index contributed by atoms with van der Waals surface area (Å²) in [5.74, 6) is 0. The highest BCUT2D eigenvalue weighted by molar-refractivity contribution is 5.18. The van der Waals surface area contributed by atoms with Gasteiger partial charge in [0.25, 0.3) is 0 Å². The Morgan fingerprint density at radius 1 is 1.21 bits per heavy atom. The Morgan fingerprint density at radius 3 is 2.36 bits per heavy atom. The van der Waals surface area contributed by atoms with Gasteiger partial charge < -0.3 is 10.1 Å². The maximum absolute atomic E-state index is 13.4. The zero-order chi connectivity index (χ0) is 10.0. The van der Waals surface area contributed by atoms with Crippen molar-refractivity contribution in [3.8, 4) is 0 Å². The van der Waals surface area contributed by atoms with E-state index in [4.69, 9.17) is 0 Å². The Morgan fingerprint density at radius 2 is 1.86 bits per heavy atom. The zero-order valence-corrected chi connectivity index (χ0v) is 7.54. The normalized spacial score (nSPS) is 17.9. The van der Waals surface area contributed by atoms with E-state index < -0.39 is 6.11 Å². The molecule has 0 amide bonds. The highest BCUT2D eigenvalue weighted by atomic mass is 19.3. The lowest BCUT2D eigenvalue weighted by molar-refractivity contribution is -0.279. The van der Waals surface area contributed by atoms with Gasteiger partial charge in [-0.1, -0.05) is 30.3 Å². The van der Waals surface area contributed by atoms with Crippen molar-refractivity contribution in [2.75, 3.05) is 13.1 Å². The Hall–Kier alpha value is -1.00. The number of rotatable bonds is 3. The number of hydrogen-bond acceptors (Lipinski definition) is 2. The van der Waals surface area contributed by atoms with Crippen LogP contribution in [0.1, 0.15) is 5.56 Å². The van der Waals surface area contributed by atoms with Crippen LogP contribution in [-0.4, -0.2) is 19.2 Å². The van der Waals surface area contributed by atoms with E-state index in [1.165, 1.54) is 12.1 Å². The molecule has 0 saturated carbocycles. The molecule has 76 valence electrons. The third-order valence-corrected chi connectivity index (χ3v) is 2.17. The van der Waals surface area contributed by atoms with Crippen LogP contribution >= 0.6 is 0 Å². The predicted octanol–water partition coefficient (Wildman–Crippen LogP) is 1.72. The minimum Gasteiger partial charge on any atom is -0.311 e. The molecule has 0 aromatic heterocycles. The lowest BCUT2D eigenvalue weighted by Gasteiger charge is -2.31. The van der Waals surface area contributed by atoms with Gasteiger partial charge in [0.05, 0.1) is 11.7 Å². The summed E-state index contributed by atoms with van der Waals surface area (Å²) in [6.07, 6.45) is -3.54. The van der Waals surface area contributed by atoms with Crippen LogP contribution in [0, 0.1) is 0 Å². The minimum absolute atomic E-state index is 0.0908. The highest BCUT2D eigenvalue weighted by Crippen LogP contribution is 2.30. The van der Waals surface area contributed by atoms with Crippen LogP contribution in [0.3, 0.4) is 0 Å². The Kier molecular flexibility index (Phi) is 2.48. The van der Waals surface area contributed by atoms with Gasteiger partial charge in [-0.3, -0.25) is 0 Å². The first-order valence-electron chi connectivity index (χ1n) is 4.50. The third-order valence-electron chi connectivity index (χ3n) is 2.17. The van der Waals surface area contributed by atoms with E-state index in [1.54, 1.807) is 18.2 Å². The molecule has 0 radical (unpaired) electrons. The SMILES string of the molecule is FC(F)(OC1CNC1)c1ccccc1. The largest absolute Gasteiger partial charge is 0.383 e. The van der Waals surface area contributed by atoms with Crippen LogP contribution in [0.2, 0.25) is 0 Å². The molecule has 1 aliphatic rings. The minimum atomic E-state index is -3.17. The summed E-state index contributed by atoms with van der Waals surface area (Å²) in [6, 6.07) is 7.58. The molecule has 4 heteroatoms. The first kappa shape index (κ1) is 9.55. The van der Waals surface area contributed by atoms with Crippen LogP contribution in [-0.2, 0) is 10.8 Å². The number of benzene rings is 1. The van der Waals surface area contributed by atoms with Gasteiger partial charge in [0.1, 0.15) is 0 Å². The molecule has 0 spiro atoms. The summed E-state index contributed by atoms with van der Waals surface area (Å²) < 4.78 is 31.4. The molecule has 14 heavy (non-hydrogen) atoms. The second-order valence-corrected chi connectivity index (χ2v) is 3.28. The molecule has 0 unspecified atom stereocenters. The monoisotopic (exact) mass is 199 g/mol. The first-order valence-corrected chi connectivity index (χ1v) is 4.50. The molecule has 2 nitrogen and oxygen atoms in total. The Bertz CT molecular complexity index is 298. The molecule has 1 aromatic rings. The smallest absolute Gasteiger partial charge is 0.311 e. The standard InChI is InChI=1S/C10H11F2NO/c11-10(12,14-9-6-13-7-9)8-4-2-1-3-5-8/h1-5,9,13H,6-7H2. The van der Waals surface area contributed by atoms with Crippen molar-refractivity contribution in [1.29, 1.82) is 0 Å². The van der Waals surface area contributed by atoms with Crippen molar-refractivity contribution in [2.45, 2.75) is 12.2 Å². The molecule has 0 bridgehead atoms. The second kappa shape index (κ2) is 3.63. The highest BCUT2D eigenvalue weighted by Gasteiger charge is 2.37. The zero-order valence-electron chi connectivity index (χ0n) is 7.54. The van der Waals surface area contributed by atoms with E-state index in [0.717, 1.165) is 0 Å². The average molecular weight is 199 g/mol. The van der Waals surface area contributed by atoms with E-state index in [-0.39, 0.29) is 11.7 Å². The van der Waals surface area contributed by atoms with Crippen molar-refractivity contribution < 1.29 is 13.5 Å². The maximum Gasteiger partial charge on any atom is 0.383 e. The summed E-state index contributed by atoms with van der Waals surface area (Å²) in [6.45, 7) is 1.00. The fourth-order valence-electron chi connectivity index (χ4n) is 1.26. The van der Waals surface area contributed by atoms with Gasteiger partial charge >= 0.3 is 6.11 Å². The first-order chi connectivity index (χ1) is 6.68. The van der Waals surface area contributed by atoms with Gasteiger partial charge in [-0.05, 0) is 0 Å². The topological polar surface area (TPSA) is 21.3 Å². The molecule has 1 aliphatic heterocycles. The van der Waals surface area contributed by atoms with Crippen LogP contribution in [0.25, 0.3) is 0 Å². The fourth-order valence-corrected chi connectivity index (χ4v) is 1.26. The Balaban J connectivity index is 2.06. The number of halogens is 2. The van der Waals surface area contributed by atoms with E-state index in [2.05, 4.69) is 10.1 Å². The molecular formula is C10H11F2NO. The molecule has 1 fully saturated rings. The van der Waals surface area contributed by atoms with Gasteiger partial charge in [-0.15, -0.1) is 0 Å². The molecular weight excluding hydrogens is 188 g/mol. The van der Waals surface area contributed by atoms with Gasteiger partial charge in [0, 0.05) is 13.1 Å². The predicted molar refractivity (Wildman–Crippen MR) is 48.1 cm³/mol. The van der Waals surface area contributed by atoms with Gasteiger partial charge in [0.2, 0.25) is 0 Å². The number of ether oxygens (including phenoxy) is 1. The van der Waals surface area contributed by atoms with E-state index in [0.29, 0.717) is 13.1 Å². The lowest BCUT2D eigenvalue weighted by atomic mass is 10.2. The molecule has 0 aliphatic carbocycles. The average Bonchev–Trinajstić information content (AvgIpc) is 2.13. The third kappa shape index (κ3) is 1.91. The molecule has 0 atom stereocenters. The van der Waals surface area contributed by atoms with Crippen molar-refractivity contribution in [2.24, 2.45) is 0 Å². The van der Waals surface area contributed by atoms with Gasteiger partial charge in [-0.25, -0.2) is 0 Å². The summed E-state index contributed by atoms with van der Waals surface area (Å²) in [5, 5.41) is 2.88. The van der Waals surface area contributed by atoms with Crippen LogP contribution in [0.5, 0.6) is 0 Å². The fraction of sp³-hybridized carbons (Fsp3) is 0.400. The van der Waals surface area contributed by atoms with Crippen molar-refractivity contribution >= 4 is 0 Å². The van der Waals surface area contributed by atoms with E-state index >= 15 is 0 Å². The number of hydrogen-bond donors (Lipinski definition) is 1. The van der Waals surface area contributed by atoms with E-state index in [1.807, 2.05) is 0 Å². The van der Waals surface area contributed by atoms with Crippen molar-refractivity contribution in [1.82, 2.24) is 5.32 Å². The lowest BCUT2D eigenvalue weighted by Crippen LogP contribution is -2.50. The molecule has 1 saturated heterocycles. The summed E-state index contributed by atoms with van der Waals surface area (Å²) in [7, 11) is 0. The van der Waals surface area contributed by atoms with Crippen LogP contribution in [0.15, 0.2) is 30.3 Å². The van der Waals surface area contributed by atoms with Gasteiger partial charge in [0.15, 0.2) is 0 Å². The molecule has 2 rings (SSSR count). The summed E-state index contributed by atoms with van der Waals surface area (Å²) >= 11 is 0. The quantitative estimate of drug-likeness (QED) is 0.800. The van der Waals surface area contributed by atoms with E-state index in [9.17, 15) is 8.78 Å². The number of alkyl halides is 2. The summed E-state index contributed by atoms with van der Waals surface area (Å²) in [4.78, 5) is 0. The maximum atomic E-state index is 13.4. The van der Waals surface area contributed by atoms with Crippen LogP contribution in [0.4, 0.5) is 8.78 Å². The molecule has 1 N–H and O–H groups in total. The molecule has 1 aromatic carbocycles. The second-order valence-electron chi connectivity index (χ2n) is 3.28. The van der Waals surface area contributed by atoms with Crippen LogP contribution < -0.4 is 5.32 Å². The summed E-state index contributed by atoms with van der Waals surface area (Å²) in [5.41, 5.74) is -0.0908. The Labute approximate surface area is 80.9 Å². The van der Waals surface area contributed by atoms with Crippen molar-refractivity contribution in [3.63, 3.8) is 0 Å². The molecule has 1 heterocycles.